The smallest absolute Gasteiger partial charge is 0.153 e. The van der Waals surface area contributed by atoms with Crippen LogP contribution in [-0.4, -0.2) is 6.21 Å². The van der Waals surface area contributed by atoms with Crippen molar-refractivity contribution in [2.45, 2.75) is 27.2 Å². The molecule has 1 atom stereocenters. The lowest BCUT2D eigenvalue weighted by Gasteiger charge is -2.08. The molecule has 0 rings (SSSR count). The minimum atomic E-state index is 0.435. The fourth-order valence-corrected chi connectivity index (χ4v) is 0.791. The van der Waals surface area contributed by atoms with Crippen LogP contribution < -0.4 is 11.1 Å². The molecule has 1 unspecified atom stereocenters. The second-order valence-electron chi connectivity index (χ2n) is 3.55. The predicted octanol–water partition coefficient (Wildman–Crippen LogP) is 2.54. The summed E-state index contributed by atoms with van der Waals surface area (Å²) in [6, 6.07) is 0. The molecule has 0 fully saturated rings. The fraction of sp³-hybridized carbons (Fsp3) is 0.417. The molecule has 3 nitrogen and oxygen atoms in total. The molecule has 0 saturated heterocycles. The molecule has 0 aliphatic heterocycles. The van der Waals surface area contributed by atoms with Crippen molar-refractivity contribution in [3.8, 4) is 0 Å². The van der Waals surface area contributed by atoms with E-state index in [2.05, 4.69) is 37.3 Å². The Morgan fingerprint density at radius 2 is 2.20 bits per heavy atom. The molecule has 0 heterocycles. The summed E-state index contributed by atoms with van der Waals surface area (Å²) >= 11 is 0. The second kappa shape index (κ2) is 6.87. The Hall–Kier alpha value is -1.51. The zero-order chi connectivity index (χ0) is 11.8. The number of nitrogens with zero attached hydrogens (tertiary/aromatic N) is 1. The molecule has 0 aliphatic rings. The van der Waals surface area contributed by atoms with Gasteiger partial charge in [-0.2, -0.15) is 0 Å². The lowest BCUT2D eigenvalue weighted by molar-refractivity contribution is 0.751. The highest BCUT2D eigenvalue weighted by Gasteiger charge is 2.01. The van der Waals surface area contributed by atoms with Gasteiger partial charge in [0.1, 0.15) is 0 Å². The molecule has 0 aliphatic carbocycles. The van der Waals surface area contributed by atoms with Crippen molar-refractivity contribution in [3.63, 3.8) is 0 Å². The molecule has 84 valence electrons. The fourth-order valence-electron chi connectivity index (χ4n) is 0.791. The third-order valence-electron chi connectivity index (χ3n) is 2.06. The highest BCUT2D eigenvalue weighted by atomic mass is 15.0. The molecular formula is C12H21N3. The highest BCUT2D eigenvalue weighted by molar-refractivity contribution is 5.62. The van der Waals surface area contributed by atoms with E-state index in [-0.39, 0.29) is 0 Å². The van der Waals surface area contributed by atoms with Gasteiger partial charge in [0.15, 0.2) is 5.82 Å². The zero-order valence-corrected chi connectivity index (χ0v) is 9.88. The first-order valence-corrected chi connectivity index (χ1v) is 5.10. The van der Waals surface area contributed by atoms with Gasteiger partial charge in [-0.3, -0.25) is 0 Å². The summed E-state index contributed by atoms with van der Waals surface area (Å²) in [5.41, 5.74) is 7.19. The van der Waals surface area contributed by atoms with E-state index in [1.54, 1.807) is 6.20 Å². The first-order chi connectivity index (χ1) is 7.02. The van der Waals surface area contributed by atoms with Crippen molar-refractivity contribution in [2.24, 2.45) is 16.6 Å². The van der Waals surface area contributed by atoms with Crippen molar-refractivity contribution in [3.05, 3.63) is 36.4 Å². The summed E-state index contributed by atoms with van der Waals surface area (Å²) in [5.74, 6) is 1.04. The summed E-state index contributed by atoms with van der Waals surface area (Å²) < 4.78 is 0. The predicted molar refractivity (Wildman–Crippen MR) is 67.3 cm³/mol. The number of nitrogens with one attached hydrogen (secondary N) is 1. The molecule has 0 spiro atoms. The number of allylic oxidation sites excluding steroid dienone is 1. The molecule has 0 aromatic rings. The van der Waals surface area contributed by atoms with E-state index in [4.69, 9.17) is 5.73 Å². The van der Waals surface area contributed by atoms with Crippen LogP contribution in [0.2, 0.25) is 0 Å². The van der Waals surface area contributed by atoms with Crippen molar-refractivity contribution < 1.29 is 0 Å². The van der Waals surface area contributed by atoms with Gasteiger partial charge in [-0.05, 0) is 31.0 Å². The van der Waals surface area contributed by atoms with Crippen LogP contribution in [-0.2, 0) is 0 Å². The maximum Gasteiger partial charge on any atom is 0.153 e. The van der Waals surface area contributed by atoms with Crippen LogP contribution in [0.15, 0.2) is 41.4 Å². The molecule has 0 bridgehead atoms. The Balaban J connectivity index is 4.82. The molecule has 0 aromatic heterocycles. The Kier molecular flexibility index (Phi) is 6.18. The number of nitrogens with two attached hydrogens (primary N) is 1. The second-order valence-corrected chi connectivity index (χ2v) is 3.55. The topological polar surface area (TPSA) is 50.4 Å². The third kappa shape index (κ3) is 5.05. The van der Waals surface area contributed by atoms with Crippen LogP contribution in [0.5, 0.6) is 0 Å². The van der Waals surface area contributed by atoms with Crippen LogP contribution in [0.1, 0.15) is 27.2 Å². The molecule has 0 aromatic carbocycles. The summed E-state index contributed by atoms with van der Waals surface area (Å²) in [7, 11) is 0. The van der Waals surface area contributed by atoms with Crippen LogP contribution in [0, 0.1) is 5.92 Å². The summed E-state index contributed by atoms with van der Waals surface area (Å²) in [6.07, 6.45) is 4.48. The van der Waals surface area contributed by atoms with Crippen LogP contribution in [0.4, 0.5) is 0 Å². The van der Waals surface area contributed by atoms with E-state index >= 15 is 0 Å². The van der Waals surface area contributed by atoms with E-state index in [0.717, 1.165) is 12.0 Å². The van der Waals surface area contributed by atoms with Gasteiger partial charge in [-0.1, -0.05) is 27.0 Å². The Labute approximate surface area is 92.5 Å². The summed E-state index contributed by atoms with van der Waals surface area (Å²) in [6.45, 7) is 13.4. The average molecular weight is 207 g/mol. The lowest BCUT2D eigenvalue weighted by Crippen LogP contribution is -2.13. The van der Waals surface area contributed by atoms with Crippen molar-refractivity contribution in [1.29, 1.82) is 0 Å². The van der Waals surface area contributed by atoms with Gasteiger partial charge in [-0.25, -0.2) is 4.99 Å². The Morgan fingerprint density at radius 1 is 1.60 bits per heavy atom. The molecule has 0 radical (unpaired) electrons. The average Bonchev–Trinajstić information content (AvgIpc) is 2.22. The number of rotatable bonds is 6. The Morgan fingerprint density at radius 3 is 2.60 bits per heavy atom. The van der Waals surface area contributed by atoms with Crippen molar-refractivity contribution in [2.75, 3.05) is 0 Å². The summed E-state index contributed by atoms with van der Waals surface area (Å²) in [5, 5.41) is 2.90. The normalized spacial score (nSPS) is 14.6. The van der Waals surface area contributed by atoms with Crippen LogP contribution in [0.25, 0.3) is 0 Å². The zero-order valence-electron chi connectivity index (χ0n) is 9.88. The van der Waals surface area contributed by atoms with Gasteiger partial charge in [0.2, 0.25) is 0 Å². The van der Waals surface area contributed by atoms with Crippen LogP contribution >= 0.6 is 0 Å². The standard InChI is InChI=1S/C12H21N3/c1-6-10(5)8-15-12(14-7-2)11(13)9(3)4/h7-8,10,14H,2-3,6,13H2,1,4-5H3/b12-11+,15-8-. The first-order valence-electron chi connectivity index (χ1n) is 5.10. The van der Waals surface area contributed by atoms with Crippen LogP contribution in [0.3, 0.4) is 0 Å². The Bertz CT molecular complexity index is 287. The highest BCUT2D eigenvalue weighted by Crippen LogP contribution is 2.07. The number of aliphatic imine (C=N–C) groups is 1. The van der Waals surface area contributed by atoms with E-state index < -0.39 is 0 Å². The van der Waals surface area contributed by atoms with Gasteiger partial charge in [0, 0.05) is 6.21 Å². The molecule has 15 heavy (non-hydrogen) atoms. The van der Waals surface area contributed by atoms with Gasteiger partial charge < -0.3 is 11.1 Å². The van der Waals surface area contributed by atoms with E-state index in [0.29, 0.717) is 17.4 Å². The number of hydrogen-bond donors (Lipinski definition) is 2. The maximum absolute atomic E-state index is 5.83. The van der Waals surface area contributed by atoms with Gasteiger partial charge >= 0.3 is 0 Å². The van der Waals surface area contributed by atoms with E-state index in [9.17, 15) is 0 Å². The van der Waals surface area contributed by atoms with E-state index in [1.165, 1.54) is 0 Å². The molecule has 0 saturated carbocycles. The van der Waals surface area contributed by atoms with Gasteiger partial charge in [-0.15, -0.1) is 0 Å². The lowest BCUT2D eigenvalue weighted by atomic mass is 10.1. The quantitative estimate of drug-likeness (QED) is 0.519. The molecular weight excluding hydrogens is 186 g/mol. The first kappa shape index (κ1) is 13.5. The minimum absolute atomic E-state index is 0.435. The SMILES string of the molecule is C=CNC(/N=C\C(C)CC)=C(\N)C(=C)C. The molecule has 3 heteroatoms. The molecule has 3 N–H and O–H groups in total. The van der Waals surface area contributed by atoms with Crippen molar-refractivity contribution in [1.82, 2.24) is 5.32 Å². The van der Waals surface area contributed by atoms with Gasteiger partial charge in [0.05, 0.1) is 5.70 Å². The monoisotopic (exact) mass is 207 g/mol. The summed E-state index contributed by atoms with van der Waals surface area (Å²) in [4.78, 5) is 4.29. The van der Waals surface area contributed by atoms with E-state index in [1.807, 2.05) is 13.1 Å². The van der Waals surface area contributed by atoms with Gasteiger partial charge in [0.25, 0.3) is 0 Å². The number of hydrogen-bond acceptors (Lipinski definition) is 3. The largest absolute Gasteiger partial charge is 0.396 e. The maximum atomic E-state index is 5.83. The van der Waals surface area contributed by atoms with Crippen molar-refractivity contribution >= 4 is 6.21 Å². The molecule has 0 amide bonds. The minimum Gasteiger partial charge on any atom is -0.396 e. The third-order valence-corrected chi connectivity index (χ3v) is 2.06.